The van der Waals surface area contributed by atoms with Crippen LogP contribution in [0, 0.1) is 0 Å². The standard InChI is InChI=1S/C13H16N4O/c1-8(2)17-13(18)10-3-9(4-12(14)5-10)11-6-15-16-7-11/h3-8H,14H2,1-2H3,(H,15,16)(H,17,18). The zero-order chi connectivity index (χ0) is 13.1. The molecule has 0 unspecified atom stereocenters. The SMILES string of the molecule is CC(C)NC(=O)c1cc(N)cc(-c2cn[nH]c2)c1. The quantitative estimate of drug-likeness (QED) is 0.720. The fourth-order valence-electron chi connectivity index (χ4n) is 1.70. The molecule has 94 valence electrons. The fourth-order valence-corrected chi connectivity index (χ4v) is 1.70. The second-order valence-corrected chi connectivity index (χ2v) is 4.46. The topological polar surface area (TPSA) is 83.8 Å². The molecule has 0 radical (unpaired) electrons. The Morgan fingerprint density at radius 1 is 1.33 bits per heavy atom. The Morgan fingerprint density at radius 2 is 2.11 bits per heavy atom. The van der Waals surface area contributed by atoms with Gasteiger partial charge in [-0.15, -0.1) is 0 Å². The van der Waals surface area contributed by atoms with E-state index >= 15 is 0 Å². The molecule has 2 aromatic rings. The highest BCUT2D eigenvalue weighted by Crippen LogP contribution is 2.22. The molecule has 1 aromatic heterocycles. The number of nitrogens with one attached hydrogen (secondary N) is 2. The maximum atomic E-state index is 11.9. The molecule has 5 heteroatoms. The zero-order valence-electron chi connectivity index (χ0n) is 10.4. The van der Waals surface area contributed by atoms with Gasteiger partial charge in [0.15, 0.2) is 0 Å². The Hall–Kier alpha value is -2.30. The summed E-state index contributed by atoms with van der Waals surface area (Å²) in [6.07, 6.45) is 3.46. The first-order valence-corrected chi connectivity index (χ1v) is 5.77. The minimum atomic E-state index is -0.123. The molecule has 5 nitrogen and oxygen atoms in total. The maximum Gasteiger partial charge on any atom is 0.251 e. The summed E-state index contributed by atoms with van der Waals surface area (Å²) in [6.45, 7) is 3.84. The number of aromatic amines is 1. The highest BCUT2D eigenvalue weighted by atomic mass is 16.1. The molecule has 0 aliphatic carbocycles. The second kappa shape index (κ2) is 4.91. The summed E-state index contributed by atoms with van der Waals surface area (Å²) in [5.41, 5.74) is 8.71. The molecule has 0 aliphatic rings. The monoisotopic (exact) mass is 244 g/mol. The average Bonchev–Trinajstić information content (AvgIpc) is 2.80. The minimum Gasteiger partial charge on any atom is -0.399 e. The number of carbonyl (C=O) groups is 1. The molecule has 1 aromatic carbocycles. The van der Waals surface area contributed by atoms with Gasteiger partial charge in [-0.25, -0.2) is 0 Å². The summed E-state index contributed by atoms with van der Waals surface area (Å²) in [5.74, 6) is -0.123. The maximum absolute atomic E-state index is 11.9. The van der Waals surface area contributed by atoms with Crippen LogP contribution < -0.4 is 11.1 Å². The summed E-state index contributed by atoms with van der Waals surface area (Å²) in [5, 5.41) is 9.46. The molecule has 0 aliphatic heterocycles. The van der Waals surface area contributed by atoms with E-state index in [1.807, 2.05) is 19.9 Å². The summed E-state index contributed by atoms with van der Waals surface area (Å²) < 4.78 is 0. The van der Waals surface area contributed by atoms with Crippen LogP contribution in [-0.2, 0) is 0 Å². The van der Waals surface area contributed by atoms with Gasteiger partial charge in [-0.05, 0) is 37.6 Å². The van der Waals surface area contributed by atoms with Crippen LogP contribution in [0.1, 0.15) is 24.2 Å². The first-order valence-electron chi connectivity index (χ1n) is 5.77. The molecule has 18 heavy (non-hydrogen) atoms. The van der Waals surface area contributed by atoms with E-state index in [9.17, 15) is 4.79 Å². The van der Waals surface area contributed by atoms with Gasteiger partial charge in [0.2, 0.25) is 0 Å². The van der Waals surface area contributed by atoms with Crippen molar-refractivity contribution in [2.75, 3.05) is 5.73 Å². The van der Waals surface area contributed by atoms with Gasteiger partial charge in [-0.2, -0.15) is 5.10 Å². The van der Waals surface area contributed by atoms with Crippen LogP contribution in [0.3, 0.4) is 0 Å². The number of anilines is 1. The fraction of sp³-hybridized carbons (Fsp3) is 0.231. The lowest BCUT2D eigenvalue weighted by molar-refractivity contribution is 0.0943. The number of benzene rings is 1. The molecule has 0 bridgehead atoms. The first kappa shape index (κ1) is 12.2. The third-order valence-corrected chi connectivity index (χ3v) is 2.47. The van der Waals surface area contributed by atoms with Crippen molar-refractivity contribution in [1.82, 2.24) is 15.5 Å². The van der Waals surface area contributed by atoms with E-state index in [0.29, 0.717) is 11.3 Å². The number of amides is 1. The summed E-state index contributed by atoms with van der Waals surface area (Å²) in [7, 11) is 0. The third kappa shape index (κ3) is 2.68. The van der Waals surface area contributed by atoms with Crippen LogP contribution in [0.2, 0.25) is 0 Å². The lowest BCUT2D eigenvalue weighted by Crippen LogP contribution is -2.30. The highest BCUT2D eigenvalue weighted by molar-refractivity contribution is 5.96. The van der Waals surface area contributed by atoms with Crippen LogP contribution in [0.15, 0.2) is 30.6 Å². The van der Waals surface area contributed by atoms with E-state index in [-0.39, 0.29) is 11.9 Å². The lowest BCUT2D eigenvalue weighted by Gasteiger charge is -2.10. The molecule has 1 amide bonds. The molecule has 1 heterocycles. The second-order valence-electron chi connectivity index (χ2n) is 4.46. The van der Waals surface area contributed by atoms with E-state index < -0.39 is 0 Å². The van der Waals surface area contributed by atoms with E-state index in [2.05, 4.69) is 15.5 Å². The van der Waals surface area contributed by atoms with Crippen LogP contribution in [0.5, 0.6) is 0 Å². The van der Waals surface area contributed by atoms with Gasteiger partial charge in [-0.1, -0.05) is 0 Å². The smallest absolute Gasteiger partial charge is 0.251 e. The molecule has 0 atom stereocenters. The van der Waals surface area contributed by atoms with Gasteiger partial charge in [0, 0.05) is 29.1 Å². The van der Waals surface area contributed by atoms with Crippen molar-refractivity contribution in [2.24, 2.45) is 0 Å². The Labute approximate surface area is 105 Å². The van der Waals surface area contributed by atoms with Crippen molar-refractivity contribution in [1.29, 1.82) is 0 Å². The molecular weight excluding hydrogens is 228 g/mol. The zero-order valence-corrected chi connectivity index (χ0v) is 10.4. The Bertz CT molecular complexity index is 546. The number of nitrogen functional groups attached to an aromatic ring is 1. The Balaban J connectivity index is 2.35. The number of carbonyl (C=O) groups excluding carboxylic acids is 1. The Kier molecular flexibility index (Phi) is 3.32. The molecule has 0 saturated carbocycles. The van der Waals surface area contributed by atoms with E-state index in [1.165, 1.54) is 0 Å². The third-order valence-electron chi connectivity index (χ3n) is 2.47. The van der Waals surface area contributed by atoms with Crippen molar-refractivity contribution >= 4 is 11.6 Å². The number of aromatic nitrogens is 2. The van der Waals surface area contributed by atoms with E-state index in [4.69, 9.17) is 5.73 Å². The van der Waals surface area contributed by atoms with Crippen LogP contribution in [0.25, 0.3) is 11.1 Å². The Morgan fingerprint density at radius 3 is 2.72 bits per heavy atom. The van der Waals surface area contributed by atoms with Crippen molar-refractivity contribution in [2.45, 2.75) is 19.9 Å². The van der Waals surface area contributed by atoms with Gasteiger partial charge < -0.3 is 11.1 Å². The molecule has 0 fully saturated rings. The lowest BCUT2D eigenvalue weighted by atomic mass is 10.0. The summed E-state index contributed by atoms with van der Waals surface area (Å²) >= 11 is 0. The number of hydrogen-bond acceptors (Lipinski definition) is 3. The number of H-pyrrole nitrogens is 1. The van der Waals surface area contributed by atoms with Crippen molar-refractivity contribution in [3.8, 4) is 11.1 Å². The van der Waals surface area contributed by atoms with Crippen LogP contribution in [-0.4, -0.2) is 22.1 Å². The van der Waals surface area contributed by atoms with E-state index in [1.54, 1.807) is 24.5 Å². The molecule has 0 saturated heterocycles. The number of nitrogens with two attached hydrogens (primary N) is 1. The van der Waals surface area contributed by atoms with Gasteiger partial charge in [0.1, 0.15) is 0 Å². The molecular formula is C13H16N4O. The van der Waals surface area contributed by atoms with Gasteiger partial charge >= 0.3 is 0 Å². The molecule has 4 N–H and O–H groups in total. The number of rotatable bonds is 3. The van der Waals surface area contributed by atoms with Crippen molar-refractivity contribution in [3.63, 3.8) is 0 Å². The number of hydrogen-bond donors (Lipinski definition) is 3. The average molecular weight is 244 g/mol. The normalized spacial score (nSPS) is 10.6. The highest BCUT2D eigenvalue weighted by Gasteiger charge is 2.10. The predicted molar refractivity (Wildman–Crippen MR) is 71.0 cm³/mol. The predicted octanol–water partition coefficient (Wildman–Crippen LogP) is 1.80. The van der Waals surface area contributed by atoms with E-state index in [0.717, 1.165) is 11.1 Å². The largest absolute Gasteiger partial charge is 0.399 e. The minimum absolute atomic E-state index is 0.0938. The van der Waals surface area contributed by atoms with Crippen LogP contribution in [0.4, 0.5) is 5.69 Å². The van der Waals surface area contributed by atoms with Gasteiger partial charge in [0.25, 0.3) is 5.91 Å². The molecule has 2 rings (SSSR count). The van der Waals surface area contributed by atoms with Gasteiger partial charge in [-0.3, -0.25) is 9.89 Å². The summed E-state index contributed by atoms with van der Waals surface area (Å²) in [4.78, 5) is 11.9. The first-order chi connectivity index (χ1) is 8.56. The van der Waals surface area contributed by atoms with Gasteiger partial charge in [0.05, 0.1) is 6.20 Å². The molecule has 0 spiro atoms. The van der Waals surface area contributed by atoms with Crippen molar-refractivity contribution < 1.29 is 4.79 Å². The van der Waals surface area contributed by atoms with Crippen molar-refractivity contribution in [3.05, 3.63) is 36.2 Å². The number of nitrogens with zero attached hydrogens (tertiary/aromatic N) is 1. The summed E-state index contributed by atoms with van der Waals surface area (Å²) in [6, 6.07) is 5.38. The van der Waals surface area contributed by atoms with Crippen LogP contribution >= 0.6 is 0 Å².